The van der Waals surface area contributed by atoms with Crippen molar-refractivity contribution in [3.05, 3.63) is 54.0 Å². The minimum absolute atomic E-state index is 0.0133. The quantitative estimate of drug-likeness (QED) is 0.615. The lowest BCUT2D eigenvalue weighted by Gasteiger charge is -2.15. The van der Waals surface area contributed by atoms with Crippen molar-refractivity contribution in [2.45, 2.75) is 19.3 Å². The fourth-order valence-electron chi connectivity index (χ4n) is 3.13. The van der Waals surface area contributed by atoms with Gasteiger partial charge in [0.25, 0.3) is 0 Å². The van der Waals surface area contributed by atoms with E-state index in [-0.39, 0.29) is 5.91 Å². The zero-order valence-corrected chi connectivity index (χ0v) is 16.4. The third kappa shape index (κ3) is 4.36. The Labute approximate surface area is 164 Å². The summed E-state index contributed by atoms with van der Waals surface area (Å²) in [6, 6.07) is 9.58. The lowest BCUT2D eigenvalue weighted by molar-refractivity contribution is -0.121. The lowest BCUT2D eigenvalue weighted by atomic mass is 10.1. The number of carbonyl (C=O) groups is 1. The van der Waals surface area contributed by atoms with Crippen molar-refractivity contribution in [2.75, 3.05) is 27.9 Å². The maximum atomic E-state index is 12.2. The number of ether oxygens (including phenoxy) is 3. The van der Waals surface area contributed by atoms with Gasteiger partial charge in [0.1, 0.15) is 5.65 Å². The maximum Gasteiger partial charge on any atom is 0.220 e. The molecule has 1 N–H and O–H groups in total. The molecule has 0 fully saturated rings. The number of aryl methyl sites for hydroxylation is 1. The maximum absolute atomic E-state index is 12.2. The smallest absolute Gasteiger partial charge is 0.220 e. The normalized spacial score (nSPS) is 10.7. The van der Waals surface area contributed by atoms with Gasteiger partial charge in [0.05, 0.1) is 27.0 Å². The highest BCUT2D eigenvalue weighted by Crippen LogP contribution is 2.40. The minimum atomic E-state index is -0.0133. The third-order valence-electron chi connectivity index (χ3n) is 4.52. The van der Waals surface area contributed by atoms with Crippen LogP contribution in [0.3, 0.4) is 0 Å². The molecule has 148 valence electrons. The Balaban J connectivity index is 1.52. The molecule has 0 saturated carbocycles. The van der Waals surface area contributed by atoms with E-state index in [0.29, 0.717) is 43.1 Å². The molecule has 3 aromatic rings. The summed E-state index contributed by atoms with van der Waals surface area (Å²) in [5.74, 6) is 1.72. The second-order valence-corrected chi connectivity index (χ2v) is 6.29. The first kappa shape index (κ1) is 19.5. The summed E-state index contributed by atoms with van der Waals surface area (Å²) in [4.78, 5) is 16.8. The molecule has 28 heavy (non-hydrogen) atoms. The fourth-order valence-corrected chi connectivity index (χ4v) is 3.13. The van der Waals surface area contributed by atoms with Crippen molar-refractivity contribution < 1.29 is 19.0 Å². The van der Waals surface area contributed by atoms with Crippen LogP contribution in [0.2, 0.25) is 0 Å². The Hall–Kier alpha value is -3.22. The number of fused-ring (bicyclic) bond motifs is 1. The van der Waals surface area contributed by atoms with Crippen molar-refractivity contribution in [3.63, 3.8) is 0 Å². The van der Waals surface area contributed by atoms with E-state index >= 15 is 0 Å². The van der Waals surface area contributed by atoms with Gasteiger partial charge in [-0.2, -0.15) is 0 Å². The van der Waals surface area contributed by atoms with E-state index in [0.717, 1.165) is 16.9 Å². The number of pyridine rings is 1. The molecule has 0 bridgehead atoms. The molecular formula is C21H25N3O4. The molecule has 0 aliphatic rings. The topological polar surface area (TPSA) is 74.1 Å². The highest BCUT2D eigenvalue weighted by Gasteiger charge is 2.16. The predicted molar refractivity (Wildman–Crippen MR) is 106 cm³/mol. The largest absolute Gasteiger partial charge is 0.493 e. The number of benzene rings is 1. The molecule has 0 atom stereocenters. The van der Waals surface area contributed by atoms with Crippen LogP contribution in [0.15, 0.2) is 42.7 Å². The van der Waals surface area contributed by atoms with E-state index in [1.807, 2.05) is 47.1 Å². The molecule has 0 aliphatic heterocycles. The van der Waals surface area contributed by atoms with Crippen LogP contribution in [0.4, 0.5) is 0 Å². The summed E-state index contributed by atoms with van der Waals surface area (Å²) >= 11 is 0. The van der Waals surface area contributed by atoms with Gasteiger partial charge in [-0.15, -0.1) is 0 Å². The molecule has 1 amide bonds. The predicted octanol–water partition coefficient (Wildman–Crippen LogP) is 2.65. The molecule has 0 aliphatic carbocycles. The molecule has 0 spiro atoms. The van der Waals surface area contributed by atoms with Gasteiger partial charge in [0.2, 0.25) is 11.7 Å². The molecule has 0 saturated heterocycles. The van der Waals surface area contributed by atoms with Gasteiger partial charge in [-0.3, -0.25) is 4.79 Å². The molecule has 7 nitrogen and oxygen atoms in total. The number of carbonyl (C=O) groups excluding carboxylic acids is 1. The van der Waals surface area contributed by atoms with Crippen LogP contribution in [0, 0.1) is 0 Å². The highest BCUT2D eigenvalue weighted by atomic mass is 16.5. The van der Waals surface area contributed by atoms with E-state index in [1.54, 1.807) is 21.3 Å². The van der Waals surface area contributed by atoms with Crippen molar-refractivity contribution in [3.8, 4) is 17.2 Å². The van der Waals surface area contributed by atoms with Crippen LogP contribution >= 0.6 is 0 Å². The van der Waals surface area contributed by atoms with Crippen LogP contribution in [0.5, 0.6) is 17.2 Å². The summed E-state index contributed by atoms with van der Waals surface area (Å²) in [6.45, 7) is 0.547. The number of amides is 1. The number of imidazole rings is 1. The second kappa shape index (κ2) is 9.12. The molecule has 2 aromatic heterocycles. The number of nitrogens with zero attached hydrogens (tertiary/aromatic N) is 2. The van der Waals surface area contributed by atoms with Gasteiger partial charge in [0.15, 0.2) is 11.5 Å². The first-order valence-electron chi connectivity index (χ1n) is 9.13. The summed E-state index contributed by atoms with van der Waals surface area (Å²) in [6.07, 6.45) is 5.53. The molecule has 0 radical (unpaired) electrons. The number of nitrogens with one attached hydrogen (secondary N) is 1. The summed E-state index contributed by atoms with van der Waals surface area (Å²) in [5, 5.41) is 2.95. The van der Waals surface area contributed by atoms with Gasteiger partial charge in [-0.05, 0) is 30.2 Å². The summed E-state index contributed by atoms with van der Waals surface area (Å²) in [5.41, 5.74) is 2.76. The zero-order valence-electron chi connectivity index (χ0n) is 16.4. The summed E-state index contributed by atoms with van der Waals surface area (Å²) in [7, 11) is 4.72. The van der Waals surface area contributed by atoms with Crippen molar-refractivity contribution in [2.24, 2.45) is 0 Å². The van der Waals surface area contributed by atoms with E-state index < -0.39 is 0 Å². The molecule has 1 aromatic carbocycles. The molecular weight excluding hydrogens is 358 g/mol. The van der Waals surface area contributed by atoms with Crippen LogP contribution in [-0.4, -0.2) is 43.2 Å². The second-order valence-electron chi connectivity index (χ2n) is 6.29. The van der Waals surface area contributed by atoms with Crippen LogP contribution < -0.4 is 19.5 Å². The van der Waals surface area contributed by atoms with E-state index in [4.69, 9.17) is 14.2 Å². The van der Waals surface area contributed by atoms with E-state index in [9.17, 15) is 4.79 Å². The van der Waals surface area contributed by atoms with Crippen molar-refractivity contribution in [1.82, 2.24) is 14.7 Å². The van der Waals surface area contributed by atoms with Crippen LogP contribution in [0.25, 0.3) is 5.65 Å². The number of hydrogen-bond acceptors (Lipinski definition) is 5. The Morgan fingerprint density at radius 1 is 1.04 bits per heavy atom. The van der Waals surface area contributed by atoms with Gasteiger partial charge >= 0.3 is 0 Å². The van der Waals surface area contributed by atoms with E-state index in [2.05, 4.69) is 10.3 Å². The zero-order chi connectivity index (χ0) is 19.9. The number of aromatic nitrogens is 2. The fraction of sp³-hybridized carbons (Fsp3) is 0.333. The Morgan fingerprint density at radius 3 is 2.57 bits per heavy atom. The Kier molecular flexibility index (Phi) is 6.37. The molecule has 2 heterocycles. The average molecular weight is 383 g/mol. The Bertz CT molecular complexity index is 919. The Morgan fingerprint density at radius 2 is 1.86 bits per heavy atom. The van der Waals surface area contributed by atoms with Gasteiger partial charge < -0.3 is 23.9 Å². The number of rotatable bonds is 9. The average Bonchev–Trinajstić information content (AvgIpc) is 3.14. The van der Waals surface area contributed by atoms with E-state index in [1.165, 1.54) is 0 Å². The highest BCUT2D eigenvalue weighted by molar-refractivity contribution is 5.76. The minimum Gasteiger partial charge on any atom is -0.493 e. The van der Waals surface area contributed by atoms with Gasteiger partial charge in [-0.1, -0.05) is 12.1 Å². The molecule has 0 unspecified atom stereocenters. The molecule has 7 heteroatoms. The monoisotopic (exact) mass is 383 g/mol. The van der Waals surface area contributed by atoms with Gasteiger partial charge in [0, 0.05) is 31.8 Å². The van der Waals surface area contributed by atoms with Crippen LogP contribution in [-0.2, 0) is 17.6 Å². The molecule has 3 rings (SSSR count). The number of hydrogen-bond donors (Lipinski definition) is 1. The van der Waals surface area contributed by atoms with Crippen molar-refractivity contribution in [1.29, 1.82) is 0 Å². The summed E-state index contributed by atoms with van der Waals surface area (Å²) < 4.78 is 18.1. The van der Waals surface area contributed by atoms with Crippen LogP contribution in [0.1, 0.15) is 17.7 Å². The standard InChI is InChI=1S/C21H25N3O4/c1-26-17-9-7-15(20(27-2)21(17)28-3)8-10-19(25)22-12-11-16-14-24-13-5-4-6-18(24)23-16/h4-7,9,13-14H,8,10-12H2,1-3H3,(H,22,25). The lowest BCUT2D eigenvalue weighted by Crippen LogP contribution is -2.26. The number of methoxy groups -OCH3 is 3. The van der Waals surface area contributed by atoms with Gasteiger partial charge in [-0.25, -0.2) is 4.98 Å². The SMILES string of the molecule is COc1ccc(CCC(=O)NCCc2cn3ccccc3n2)c(OC)c1OC. The third-order valence-corrected chi connectivity index (χ3v) is 4.52. The van der Waals surface area contributed by atoms with Crippen molar-refractivity contribution >= 4 is 11.6 Å². The first-order chi connectivity index (χ1) is 13.7. The first-order valence-corrected chi connectivity index (χ1v) is 9.13.